The van der Waals surface area contributed by atoms with Crippen LogP contribution in [-0.4, -0.2) is 25.8 Å². The van der Waals surface area contributed by atoms with Crippen molar-refractivity contribution in [2.24, 2.45) is 5.92 Å². The van der Waals surface area contributed by atoms with Crippen molar-refractivity contribution in [3.63, 3.8) is 0 Å². The number of aryl methyl sites for hydroxylation is 2. The largest absolute Gasteiger partial charge is 0.476 e. The maximum atomic E-state index is 11.6. The van der Waals surface area contributed by atoms with Crippen molar-refractivity contribution in [1.82, 2.24) is 14.8 Å². The molecule has 1 N–H and O–H groups in total. The number of carboxylic acids is 1. The molecule has 0 atom stereocenters. The SMILES string of the molecule is Cc1ccc(Cc2c(CC3CC3)nn(-c3nc(C(=O)O)cs3)c2-c2cccc(-c3ccc(C)cc3)c2)cc1. The summed E-state index contributed by atoms with van der Waals surface area (Å²) in [6.45, 7) is 4.20. The maximum absolute atomic E-state index is 11.6. The molecule has 0 radical (unpaired) electrons. The van der Waals surface area contributed by atoms with Crippen molar-refractivity contribution in [1.29, 1.82) is 0 Å². The van der Waals surface area contributed by atoms with E-state index in [1.165, 1.54) is 46.4 Å². The Bertz CT molecular complexity index is 1610. The van der Waals surface area contributed by atoms with Gasteiger partial charge in [0.2, 0.25) is 5.13 Å². The summed E-state index contributed by atoms with van der Waals surface area (Å²) in [6, 6.07) is 25.8. The van der Waals surface area contributed by atoms with Gasteiger partial charge in [0.25, 0.3) is 0 Å². The van der Waals surface area contributed by atoms with E-state index in [9.17, 15) is 9.90 Å². The van der Waals surface area contributed by atoms with Crippen LogP contribution in [0.4, 0.5) is 0 Å². The molecule has 5 aromatic rings. The van der Waals surface area contributed by atoms with Crippen LogP contribution in [0.2, 0.25) is 0 Å². The smallest absolute Gasteiger partial charge is 0.355 e. The maximum Gasteiger partial charge on any atom is 0.355 e. The van der Waals surface area contributed by atoms with Crippen LogP contribution in [-0.2, 0) is 12.8 Å². The molecule has 1 saturated carbocycles. The van der Waals surface area contributed by atoms with Gasteiger partial charge in [-0.1, -0.05) is 77.9 Å². The van der Waals surface area contributed by atoms with Crippen LogP contribution in [0.1, 0.15) is 51.3 Å². The lowest BCUT2D eigenvalue weighted by Crippen LogP contribution is -2.02. The Kier molecular flexibility index (Phi) is 6.42. The van der Waals surface area contributed by atoms with Crippen LogP contribution in [0.5, 0.6) is 0 Å². The van der Waals surface area contributed by atoms with E-state index in [2.05, 4.69) is 91.6 Å². The number of hydrogen-bond acceptors (Lipinski definition) is 4. The quantitative estimate of drug-likeness (QED) is 0.230. The van der Waals surface area contributed by atoms with Gasteiger partial charge in [-0.15, -0.1) is 11.3 Å². The van der Waals surface area contributed by atoms with Gasteiger partial charge >= 0.3 is 5.97 Å². The molecule has 6 rings (SSSR count). The Labute approximate surface area is 226 Å². The Balaban J connectivity index is 1.54. The molecule has 3 aromatic carbocycles. The first-order valence-corrected chi connectivity index (χ1v) is 13.9. The summed E-state index contributed by atoms with van der Waals surface area (Å²) in [5.74, 6) is -0.367. The lowest BCUT2D eigenvalue weighted by molar-refractivity contribution is 0.0691. The first-order valence-electron chi connectivity index (χ1n) is 13.0. The van der Waals surface area contributed by atoms with Gasteiger partial charge in [-0.3, -0.25) is 0 Å². The normalized spacial score (nSPS) is 13.1. The van der Waals surface area contributed by atoms with Crippen molar-refractivity contribution in [3.05, 3.63) is 112 Å². The molecule has 0 unspecified atom stereocenters. The Morgan fingerprint density at radius 3 is 2.29 bits per heavy atom. The average Bonchev–Trinajstić information content (AvgIpc) is 3.47. The molecule has 5 nitrogen and oxygen atoms in total. The predicted molar refractivity (Wildman–Crippen MR) is 152 cm³/mol. The summed E-state index contributed by atoms with van der Waals surface area (Å²) in [5.41, 5.74) is 10.3. The van der Waals surface area contributed by atoms with Gasteiger partial charge in [0.1, 0.15) is 0 Å². The Morgan fingerprint density at radius 1 is 0.947 bits per heavy atom. The van der Waals surface area contributed by atoms with Crippen LogP contribution in [0, 0.1) is 19.8 Å². The number of thiazole rings is 1. The summed E-state index contributed by atoms with van der Waals surface area (Å²) < 4.78 is 1.88. The van der Waals surface area contributed by atoms with Gasteiger partial charge < -0.3 is 5.11 Å². The summed E-state index contributed by atoms with van der Waals surface area (Å²) in [4.78, 5) is 16.1. The number of nitrogens with zero attached hydrogens (tertiary/aromatic N) is 3. The van der Waals surface area contributed by atoms with Crippen LogP contribution >= 0.6 is 11.3 Å². The van der Waals surface area contributed by atoms with E-state index >= 15 is 0 Å². The third-order valence-electron chi connectivity index (χ3n) is 7.16. The van der Waals surface area contributed by atoms with Gasteiger partial charge in [-0.05, 0) is 61.8 Å². The monoisotopic (exact) mass is 519 g/mol. The average molecular weight is 520 g/mol. The fraction of sp³-hybridized carbons (Fsp3) is 0.219. The highest BCUT2D eigenvalue weighted by Crippen LogP contribution is 2.38. The minimum Gasteiger partial charge on any atom is -0.476 e. The third kappa shape index (κ3) is 5.04. The summed E-state index contributed by atoms with van der Waals surface area (Å²) in [7, 11) is 0. The number of rotatable bonds is 8. The molecular weight excluding hydrogens is 490 g/mol. The van der Waals surface area contributed by atoms with Crippen LogP contribution in [0.3, 0.4) is 0 Å². The second-order valence-corrected chi connectivity index (χ2v) is 11.1. The van der Waals surface area contributed by atoms with E-state index in [4.69, 9.17) is 5.10 Å². The van der Waals surface area contributed by atoms with E-state index in [0.29, 0.717) is 11.0 Å². The van der Waals surface area contributed by atoms with E-state index in [1.807, 2.05) is 4.68 Å². The number of aromatic carboxylic acids is 1. The van der Waals surface area contributed by atoms with Gasteiger partial charge in [0.05, 0.1) is 11.4 Å². The standard InChI is InChI=1S/C32H29N3O2S/c1-20-6-10-22(11-7-20)16-27-28(17-23-12-13-23)34-35(32-33-29(19-38-32)31(36)37)30(27)26-5-3-4-25(18-26)24-14-8-21(2)9-15-24/h3-11,14-15,18-19,23H,12-13,16-17H2,1-2H3,(H,36,37). The Morgan fingerprint density at radius 2 is 1.63 bits per heavy atom. The van der Waals surface area contributed by atoms with E-state index in [0.717, 1.165) is 40.9 Å². The predicted octanol–water partition coefficient (Wildman–Crippen LogP) is 7.52. The van der Waals surface area contributed by atoms with E-state index < -0.39 is 5.97 Å². The molecule has 0 aliphatic heterocycles. The number of benzene rings is 3. The first kappa shape index (κ1) is 24.3. The van der Waals surface area contributed by atoms with Gasteiger partial charge in [0.15, 0.2) is 5.69 Å². The second-order valence-electron chi connectivity index (χ2n) is 10.3. The lowest BCUT2D eigenvalue weighted by atomic mass is 9.94. The number of carboxylic acid groups (broad SMARTS) is 1. The third-order valence-corrected chi connectivity index (χ3v) is 7.98. The molecule has 190 valence electrons. The van der Waals surface area contributed by atoms with Gasteiger partial charge in [-0.25, -0.2) is 14.5 Å². The van der Waals surface area contributed by atoms with Crippen LogP contribution < -0.4 is 0 Å². The van der Waals surface area contributed by atoms with Crippen molar-refractivity contribution in [3.8, 4) is 27.5 Å². The van der Waals surface area contributed by atoms with Gasteiger partial charge in [-0.2, -0.15) is 5.10 Å². The zero-order chi connectivity index (χ0) is 26.2. The molecular formula is C32H29N3O2S. The summed E-state index contributed by atoms with van der Waals surface area (Å²) in [5, 5.41) is 16.8. The van der Waals surface area contributed by atoms with Gasteiger partial charge in [0, 0.05) is 22.9 Å². The molecule has 0 amide bonds. The molecule has 2 heterocycles. The summed E-state index contributed by atoms with van der Waals surface area (Å²) in [6.07, 6.45) is 4.14. The molecule has 0 spiro atoms. The fourth-order valence-corrected chi connectivity index (χ4v) is 5.59. The Hall–Kier alpha value is -4.03. The highest BCUT2D eigenvalue weighted by atomic mass is 32.1. The molecule has 1 aliphatic carbocycles. The van der Waals surface area contributed by atoms with Crippen molar-refractivity contribution >= 4 is 17.3 Å². The van der Waals surface area contributed by atoms with Crippen molar-refractivity contribution in [2.45, 2.75) is 39.5 Å². The molecule has 2 aromatic heterocycles. The van der Waals surface area contributed by atoms with Crippen molar-refractivity contribution < 1.29 is 9.90 Å². The zero-order valence-corrected chi connectivity index (χ0v) is 22.3. The molecule has 0 bridgehead atoms. The summed E-state index contributed by atoms with van der Waals surface area (Å²) >= 11 is 1.32. The zero-order valence-electron chi connectivity index (χ0n) is 21.5. The fourth-order valence-electron chi connectivity index (χ4n) is 4.84. The molecule has 1 fully saturated rings. The topological polar surface area (TPSA) is 68.0 Å². The highest BCUT2D eigenvalue weighted by molar-refractivity contribution is 7.12. The minimum absolute atomic E-state index is 0.0451. The molecule has 0 saturated heterocycles. The number of hydrogen-bond donors (Lipinski definition) is 1. The first-order chi connectivity index (χ1) is 18.4. The molecule has 1 aliphatic rings. The number of aromatic nitrogens is 3. The molecule has 38 heavy (non-hydrogen) atoms. The van der Waals surface area contributed by atoms with Crippen LogP contribution in [0.25, 0.3) is 27.5 Å². The van der Waals surface area contributed by atoms with E-state index in [1.54, 1.807) is 5.38 Å². The van der Waals surface area contributed by atoms with Crippen molar-refractivity contribution in [2.75, 3.05) is 0 Å². The highest BCUT2D eigenvalue weighted by Gasteiger charge is 2.28. The van der Waals surface area contributed by atoms with E-state index in [-0.39, 0.29) is 5.69 Å². The number of carbonyl (C=O) groups is 1. The lowest BCUT2D eigenvalue weighted by Gasteiger charge is -2.11. The minimum atomic E-state index is -1.03. The second kappa shape index (κ2) is 10.0. The molecule has 6 heteroatoms. The van der Waals surface area contributed by atoms with Crippen LogP contribution in [0.15, 0.2) is 78.2 Å².